The molecule has 1 N–H and O–H groups in total. The lowest BCUT2D eigenvalue weighted by molar-refractivity contribution is -0.131. The molecule has 2 unspecified atom stereocenters. The molecule has 2 atom stereocenters. The topological polar surface area (TPSA) is 45.1 Å². The summed E-state index contributed by atoms with van der Waals surface area (Å²) in [5.41, 5.74) is 2.24. The van der Waals surface area contributed by atoms with Crippen molar-refractivity contribution >= 4 is 16.9 Å². The maximum atomic E-state index is 11.1. The number of aromatic amines is 1. The minimum absolute atomic E-state index is 0.279. The fourth-order valence-corrected chi connectivity index (χ4v) is 2.38. The van der Waals surface area contributed by atoms with Crippen molar-refractivity contribution in [3.8, 4) is 5.75 Å². The summed E-state index contributed by atoms with van der Waals surface area (Å²) in [7, 11) is 2.12. The van der Waals surface area contributed by atoms with Crippen LogP contribution in [0.5, 0.6) is 5.75 Å². The third kappa shape index (κ3) is 1.99. The second kappa shape index (κ2) is 4.14. The molecule has 0 radical (unpaired) electrons. The van der Waals surface area contributed by atoms with Crippen LogP contribution in [-0.4, -0.2) is 35.5 Å². The van der Waals surface area contributed by atoms with Gasteiger partial charge >= 0.3 is 5.97 Å². The van der Waals surface area contributed by atoms with Crippen LogP contribution in [0.1, 0.15) is 12.5 Å². The number of hydrogen-bond donors (Lipinski definition) is 1. The van der Waals surface area contributed by atoms with E-state index in [-0.39, 0.29) is 5.97 Å². The molecule has 4 nitrogen and oxygen atoms in total. The third-order valence-electron chi connectivity index (χ3n) is 3.45. The number of esters is 1. The summed E-state index contributed by atoms with van der Waals surface area (Å²) < 4.78 is 5.28. The minimum Gasteiger partial charge on any atom is -0.426 e. The zero-order valence-corrected chi connectivity index (χ0v) is 10.6. The lowest BCUT2D eigenvalue weighted by atomic mass is 10.1. The number of benzene rings is 1. The largest absolute Gasteiger partial charge is 0.426 e. The van der Waals surface area contributed by atoms with Gasteiger partial charge in [-0.05, 0) is 31.2 Å². The monoisotopic (exact) mass is 244 g/mol. The molecule has 18 heavy (non-hydrogen) atoms. The van der Waals surface area contributed by atoms with E-state index in [1.807, 2.05) is 24.4 Å². The molecule has 2 aromatic rings. The van der Waals surface area contributed by atoms with Crippen molar-refractivity contribution in [1.82, 2.24) is 9.88 Å². The van der Waals surface area contributed by atoms with Crippen molar-refractivity contribution in [2.24, 2.45) is 0 Å². The summed E-state index contributed by atoms with van der Waals surface area (Å²) >= 11 is 0. The van der Waals surface area contributed by atoms with Crippen LogP contribution in [0.3, 0.4) is 0 Å². The van der Waals surface area contributed by atoms with Crippen molar-refractivity contribution in [1.29, 1.82) is 0 Å². The van der Waals surface area contributed by atoms with E-state index >= 15 is 0 Å². The van der Waals surface area contributed by atoms with Crippen molar-refractivity contribution < 1.29 is 9.53 Å². The van der Waals surface area contributed by atoms with Gasteiger partial charge in [-0.1, -0.05) is 6.07 Å². The molecule has 1 aliphatic rings. The van der Waals surface area contributed by atoms with Crippen LogP contribution in [0.15, 0.2) is 24.4 Å². The molecule has 1 aliphatic heterocycles. The first-order chi connectivity index (χ1) is 8.65. The Morgan fingerprint density at radius 1 is 1.56 bits per heavy atom. The number of rotatable bonds is 3. The summed E-state index contributed by atoms with van der Waals surface area (Å²) in [6.45, 7) is 2.57. The van der Waals surface area contributed by atoms with Gasteiger partial charge in [0.25, 0.3) is 0 Å². The van der Waals surface area contributed by atoms with Crippen LogP contribution >= 0.6 is 0 Å². The normalized spacial score (nSPS) is 22.1. The van der Waals surface area contributed by atoms with Crippen molar-refractivity contribution in [3.05, 3.63) is 30.0 Å². The summed E-state index contributed by atoms with van der Waals surface area (Å²) in [6.07, 6.45) is 3.01. The number of H-pyrrole nitrogens is 1. The molecular formula is C14H16N2O2. The highest BCUT2D eigenvalue weighted by molar-refractivity contribution is 5.91. The summed E-state index contributed by atoms with van der Waals surface area (Å²) in [5, 5.41) is 1.04. The van der Waals surface area contributed by atoms with E-state index in [2.05, 4.69) is 16.9 Å². The molecule has 1 aromatic carbocycles. The van der Waals surface area contributed by atoms with Crippen molar-refractivity contribution in [3.63, 3.8) is 0 Å². The molecule has 1 fully saturated rings. The van der Waals surface area contributed by atoms with Gasteiger partial charge in [0, 0.05) is 36.6 Å². The number of nitrogens with one attached hydrogen (secondary N) is 1. The molecular weight excluding hydrogens is 228 g/mol. The molecule has 0 aliphatic carbocycles. The van der Waals surface area contributed by atoms with Crippen LogP contribution in [0.25, 0.3) is 10.9 Å². The SMILES string of the molecule is CC(=O)Oc1cccc2[nH]cc(CC3CN3C)c12. The Kier molecular flexibility index (Phi) is 2.59. The van der Waals surface area contributed by atoms with E-state index in [0.29, 0.717) is 11.8 Å². The molecule has 3 rings (SSSR count). The van der Waals surface area contributed by atoms with Gasteiger partial charge in [-0.2, -0.15) is 0 Å². The summed E-state index contributed by atoms with van der Waals surface area (Å²) in [6, 6.07) is 6.36. The molecule has 0 spiro atoms. The van der Waals surface area contributed by atoms with Crippen LogP contribution in [0, 0.1) is 0 Å². The van der Waals surface area contributed by atoms with Gasteiger partial charge in [0.05, 0.1) is 0 Å². The van der Waals surface area contributed by atoms with Gasteiger partial charge in [-0.25, -0.2) is 0 Å². The summed E-state index contributed by atoms with van der Waals surface area (Å²) in [5.74, 6) is 0.373. The van der Waals surface area contributed by atoms with Gasteiger partial charge in [-0.3, -0.25) is 4.79 Å². The highest BCUT2D eigenvalue weighted by atomic mass is 16.5. The van der Waals surface area contributed by atoms with Crippen LogP contribution in [0.4, 0.5) is 0 Å². The Labute approximate surface area is 106 Å². The first-order valence-electron chi connectivity index (χ1n) is 6.13. The number of ether oxygens (including phenoxy) is 1. The number of carbonyl (C=O) groups excluding carboxylic acids is 1. The molecule has 0 amide bonds. The fraction of sp³-hybridized carbons (Fsp3) is 0.357. The maximum absolute atomic E-state index is 11.1. The van der Waals surface area contributed by atoms with Crippen LogP contribution < -0.4 is 4.74 Å². The quantitative estimate of drug-likeness (QED) is 0.510. The Morgan fingerprint density at radius 2 is 2.33 bits per heavy atom. The van der Waals surface area contributed by atoms with E-state index in [1.165, 1.54) is 12.5 Å². The van der Waals surface area contributed by atoms with E-state index < -0.39 is 0 Å². The predicted molar refractivity (Wildman–Crippen MR) is 69.7 cm³/mol. The van der Waals surface area contributed by atoms with Crippen LogP contribution in [0.2, 0.25) is 0 Å². The minimum atomic E-state index is -0.279. The van der Waals surface area contributed by atoms with Gasteiger partial charge in [0.15, 0.2) is 0 Å². The molecule has 0 bridgehead atoms. The Bertz CT molecular complexity index is 603. The number of likely N-dealkylation sites (N-methyl/N-ethyl adjacent to an activating group) is 1. The van der Waals surface area contributed by atoms with Gasteiger partial charge < -0.3 is 14.6 Å². The number of nitrogens with zero attached hydrogens (tertiary/aromatic N) is 1. The molecule has 2 heterocycles. The molecule has 0 saturated carbocycles. The average Bonchev–Trinajstić information content (AvgIpc) is 2.85. The number of carbonyl (C=O) groups is 1. The Morgan fingerprint density at radius 3 is 3.00 bits per heavy atom. The van der Waals surface area contributed by atoms with Gasteiger partial charge in [0.2, 0.25) is 0 Å². The second-order valence-corrected chi connectivity index (χ2v) is 4.88. The highest BCUT2D eigenvalue weighted by Crippen LogP contribution is 2.31. The molecule has 4 heteroatoms. The number of fused-ring (bicyclic) bond motifs is 1. The molecule has 1 aromatic heterocycles. The number of hydrogen-bond acceptors (Lipinski definition) is 3. The lowest BCUT2D eigenvalue weighted by Crippen LogP contribution is -2.03. The molecule has 1 saturated heterocycles. The lowest BCUT2D eigenvalue weighted by Gasteiger charge is -2.05. The van der Waals surface area contributed by atoms with Crippen molar-refractivity contribution in [2.45, 2.75) is 19.4 Å². The first kappa shape index (κ1) is 11.3. The third-order valence-corrected chi connectivity index (χ3v) is 3.45. The zero-order valence-electron chi connectivity index (χ0n) is 10.6. The Balaban J connectivity index is 2.00. The smallest absolute Gasteiger partial charge is 0.308 e. The summed E-state index contributed by atoms with van der Waals surface area (Å²) in [4.78, 5) is 16.7. The highest BCUT2D eigenvalue weighted by Gasteiger charge is 2.30. The molecule has 94 valence electrons. The zero-order chi connectivity index (χ0) is 12.7. The van der Waals surface area contributed by atoms with Crippen molar-refractivity contribution in [2.75, 3.05) is 13.6 Å². The maximum Gasteiger partial charge on any atom is 0.308 e. The van der Waals surface area contributed by atoms with Crippen LogP contribution in [-0.2, 0) is 11.2 Å². The van der Waals surface area contributed by atoms with E-state index in [0.717, 1.165) is 23.9 Å². The Hall–Kier alpha value is -1.81. The predicted octanol–water partition coefficient (Wildman–Crippen LogP) is 1.95. The fourth-order valence-electron chi connectivity index (χ4n) is 2.38. The van der Waals surface area contributed by atoms with E-state index in [4.69, 9.17) is 4.74 Å². The van der Waals surface area contributed by atoms with Gasteiger partial charge in [0.1, 0.15) is 5.75 Å². The average molecular weight is 244 g/mol. The number of aromatic nitrogens is 1. The van der Waals surface area contributed by atoms with E-state index in [1.54, 1.807) is 0 Å². The standard InChI is InChI=1S/C14H16N2O2/c1-9(17)18-13-5-3-4-12-14(13)10(7-15-12)6-11-8-16(11)2/h3-5,7,11,15H,6,8H2,1-2H3. The van der Waals surface area contributed by atoms with Gasteiger partial charge in [-0.15, -0.1) is 0 Å². The first-order valence-corrected chi connectivity index (χ1v) is 6.13. The van der Waals surface area contributed by atoms with E-state index in [9.17, 15) is 4.79 Å². The second-order valence-electron chi connectivity index (χ2n) is 4.88.